The fraction of sp³-hybridized carbons (Fsp3) is 0.286. The number of carbonyl (C=O) groups is 1. The van der Waals surface area contributed by atoms with Gasteiger partial charge in [0.2, 0.25) is 5.78 Å². The number of rotatable bonds is 6. The van der Waals surface area contributed by atoms with E-state index in [4.69, 9.17) is 16.3 Å². The molecule has 0 spiro atoms. The van der Waals surface area contributed by atoms with Gasteiger partial charge in [-0.05, 0) is 30.7 Å². The molecule has 0 aliphatic heterocycles. The molecule has 100 valence electrons. The average Bonchev–Trinajstić information content (AvgIpc) is 2.87. The number of aromatic nitrogens is 2. The molecule has 1 aromatic carbocycles. The largest absolute Gasteiger partial charge is 0.385 e. The zero-order chi connectivity index (χ0) is 13.7. The van der Waals surface area contributed by atoms with E-state index >= 15 is 0 Å². The van der Waals surface area contributed by atoms with E-state index in [-0.39, 0.29) is 5.78 Å². The lowest BCUT2D eigenvalue weighted by atomic mass is 10.1. The van der Waals surface area contributed by atoms with Crippen LogP contribution in [0.5, 0.6) is 0 Å². The third-order valence-corrected chi connectivity index (χ3v) is 3.05. The van der Waals surface area contributed by atoms with Gasteiger partial charge in [-0.1, -0.05) is 11.6 Å². The van der Waals surface area contributed by atoms with Crippen molar-refractivity contribution in [3.05, 3.63) is 53.1 Å². The van der Waals surface area contributed by atoms with Gasteiger partial charge in [-0.3, -0.25) is 4.79 Å². The van der Waals surface area contributed by atoms with Gasteiger partial charge in [0.15, 0.2) is 0 Å². The highest BCUT2D eigenvalue weighted by molar-refractivity contribution is 6.30. The van der Waals surface area contributed by atoms with Gasteiger partial charge in [-0.15, -0.1) is 0 Å². The molecule has 0 unspecified atom stereocenters. The maximum atomic E-state index is 12.3. The number of methoxy groups -OCH3 is 1. The van der Waals surface area contributed by atoms with Crippen molar-refractivity contribution in [3.63, 3.8) is 0 Å². The molecule has 0 fully saturated rings. The molecule has 0 radical (unpaired) electrons. The third kappa shape index (κ3) is 3.43. The highest BCUT2D eigenvalue weighted by Gasteiger charge is 2.13. The summed E-state index contributed by atoms with van der Waals surface area (Å²) in [5.74, 6) is -0.0495. The highest BCUT2D eigenvalue weighted by Crippen LogP contribution is 2.14. The number of nitrogens with zero attached hydrogens (tertiary/aromatic N) is 2. The van der Waals surface area contributed by atoms with E-state index in [0.29, 0.717) is 29.4 Å². The third-order valence-electron chi connectivity index (χ3n) is 2.80. The molecule has 0 aliphatic rings. The first-order valence-electron chi connectivity index (χ1n) is 6.01. The molecule has 2 aromatic rings. The Morgan fingerprint density at radius 2 is 2.11 bits per heavy atom. The zero-order valence-electron chi connectivity index (χ0n) is 10.7. The lowest BCUT2D eigenvalue weighted by Gasteiger charge is -2.07. The second kappa shape index (κ2) is 6.50. The number of aryl methyl sites for hydroxylation is 1. The van der Waals surface area contributed by atoms with Crippen LogP contribution in [0.2, 0.25) is 5.02 Å². The summed E-state index contributed by atoms with van der Waals surface area (Å²) in [6.45, 7) is 1.37. The van der Waals surface area contributed by atoms with E-state index < -0.39 is 0 Å². The highest BCUT2D eigenvalue weighted by atomic mass is 35.5. The quantitative estimate of drug-likeness (QED) is 0.603. The van der Waals surface area contributed by atoms with Crippen LogP contribution >= 0.6 is 11.6 Å². The van der Waals surface area contributed by atoms with Gasteiger partial charge in [-0.2, -0.15) is 0 Å². The standard InChI is InChI=1S/C14H15ClN2O2/c1-19-8-2-7-17-10-16-9-13(17)14(18)11-3-5-12(15)6-4-11/h3-6,9-10H,2,7-8H2,1H3. The minimum atomic E-state index is -0.0495. The van der Waals surface area contributed by atoms with E-state index in [0.717, 1.165) is 6.42 Å². The Hall–Kier alpha value is -1.65. The molecule has 4 nitrogen and oxygen atoms in total. The molecule has 0 atom stereocenters. The Balaban J connectivity index is 2.15. The average molecular weight is 279 g/mol. The van der Waals surface area contributed by atoms with Gasteiger partial charge in [0.1, 0.15) is 5.69 Å². The number of ether oxygens (including phenoxy) is 1. The Labute approximate surface area is 117 Å². The van der Waals surface area contributed by atoms with Crippen LogP contribution in [0.1, 0.15) is 22.5 Å². The van der Waals surface area contributed by atoms with Crippen LogP contribution in [-0.4, -0.2) is 29.1 Å². The van der Waals surface area contributed by atoms with Crippen LogP contribution < -0.4 is 0 Å². The minimum Gasteiger partial charge on any atom is -0.385 e. The number of hydrogen-bond acceptors (Lipinski definition) is 3. The van der Waals surface area contributed by atoms with Gasteiger partial charge in [0.25, 0.3) is 0 Å². The van der Waals surface area contributed by atoms with Gasteiger partial charge in [0.05, 0.1) is 12.5 Å². The second-order valence-corrected chi connectivity index (χ2v) is 4.59. The number of ketones is 1. The summed E-state index contributed by atoms with van der Waals surface area (Å²) in [4.78, 5) is 16.4. The first kappa shape index (κ1) is 13.8. The molecule has 19 heavy (non-hydrogen) atoms. The number of benzene rings is 1. The van der Waals surface area contributed by atoms with Crippen LogP contribution in [-0.2, 0) is 11.3 Å². The molecule has 1 aromatic heterocycles. The lowest BCUT2D eigenvalue weighted by molar-refractivity contribution is 0.102. The number of halogens is 1. The Kier molecular flexibility index (Phi) is 4.71. The molecular formula is C14H15ClN2O2. The fourth-order valence-electron chi connectivity index (χ4n) is 1.82. The van der Waals surface area contributed by atoms with Gasteiger partial charge >= 0.3 is 0 Å². The number of hydrogen-bond donors (Lipinski definition) is 0. The summed E-state index contributed by atoms with van der Waals surface area (Å²) in [7, 11) is 1.66. The minimum absolute atomic E-state index is 0.0495. The molecule has 1 heterocycles. The summed E-state index contributed by atoms with van der Waals surface area (Å²) in [5, 5.41) is 0.616. The van der Waals surface area contributed by atoms with E-state index in [1.165, 1.54) is 0 Å². The van der Waals surface area contributed by atoms with Crippen molar-refractivity contribution in [1.29, 1.82) is 0 Å². The van der Waals surface area contributed by atoms with Crippen molar-refractivity contribution in [2.75, 3.05) is 13.7 Å². The maximum absolute atomic E-state index is 12.3. The van der Waals surface area contributed by atoms with Crippen LogP contribution in [0.15, 0.2) is 36.8 Å². The first-order valence-corrected chi connectivity index (χ1v) is 6.39. The van der Waals surface area contributed by atoms with Gasteiger partial charge in [-0.25, -0.2) is 4.98 Å². The fourth-order valence-corrected chi connectivity index (χ4v) is 1.94. The summed E-state index contributed by atoms with van der Waals surface area (Å²) in [6.07, 6.45) is 4.09. The van der Waals surface area contributed by atoms with Crippen LogP contribution in [0.25, 0.3) is 0 Å². The first-order chi connectivity index (χ1) is 9.22. The van der Waals surface area contributed by atoms with Crippen molar-refractivity contribution >= 4 is 17.4 Å². The van der Waals surface area contributed by atoms with Crippen LogP contribution in [0.3, 0.4) is 0 Å². The summed E-state index contributed by atoms with van der Waals surface area (Å²) >= 11 is 5.81. The van der Waals surface area contributed by atoms with Crippen molar-refractivity contribution in [1.82, 2.24) is 9.55 Å². The van der Waals surface area contributed by atoms with Gasteiger partial charge in [0, 0.05) is 30.8 Å². The molecular weight excluding hydrogens is 264 g/mol. The molecule has 0 bridgehead atoms. The molecule has 0 saturated carbocycles. The normalized spacial score (nSPS) is 10.6. The molecule has 0 aliphatic carbocycles. The summed E-state index contributed by atoms with van der Waals surface area (Å²) < 4.78 is 6.85. The Bertz CT molecular complexity index is 549. The number of carbonyl (C=O) groups excluding carboxylic acids is 1. The van der Waals surface area contributed by atoms with E-state index in [2.05, 4.69) is 4.98 Å². The SMILES string of the molecule is COCCCn1cncc1C(=O)c1ccc(Cl)cc1. The van der Waals surface area contributed by atoms with Crippen molar-refractivity contribution in [3.8, 4) is 0 Å². The van der Waals surface area contributed by atoms with Crippen LogP contribution in [0, 0.1) is 0 Å². The van der Waals surface area contributed by atoms with E-state index in [1.807, 2.05) is 4.57 Å². The van der Waals surface area contributed by atoms with Crippen LogP contribution in [0.4, 0.5) is 0 Å². The molecule has 2 rings (SSSR count). The maximum Gasteiger partial charge on any atom is 0.211 e. The Morgan fingerprint density at radius 3 is 2.79 bits per heavy atom. The van der Waals surface area contributed by atoms with Crippen molar-refractivity contribution < 1.29 is 9.53 Å². The predicted molar refractivity (Wildman–Crippen MR) is 73.6 cm³/mol. The van der Waals surface area contributed by atoms with Crippen molar-refractivity contribution in [2.24, 2.45) is 0 Å². The molecule has 0 N–H and O–H groups in total. The number of imidazole rings is 1. The van der Waals surface area contributed by atoms with Gasteiger partial charge < -0.3 is 9.30 Å². The smallest absolute Gasteiger partial charge is 0.211 e. The van der Waals surface area contributed by atoms with E-state index in [9.17, 15) is 4.79 Å². The molecule has 5 heteroatoms. The summed E-state index contributed by atoms with van der Waals surface area (Å²) in [6, 6.07) is 6.86. The zero-order valence-corrected chi connectivity index (χ0v) is 11.4. The second-order valence-electron chi connectivity index (χ2n) is 4.15. The topological polar surface area (TPSA) is 44.1 Å². The van der Waals surface area contributed by atoms with E-state index in [1.54, 1.807) is 43.9 Å². The Morgan fingerprint density at radius 1 is 1.37 bits per heavy atom. The lowest BCUT2D eigenvalue weighted by Crippen LogP contribution is -2.10. The molecule has 0 saturated heterocycles. The molecule has 0 amide bonds. The monoisotopic (exact) mass is 278 g/mol. The predicted octanol–water partition coefficient (Wildman–Crippen LogP) is 2.80. The van der Waals surface area contributed by atoms with Crippen molar-refractivity contribution in [2.45, 2.75) is 13.0 Å². The summed E-state index contributed by atoms with van der Waals surface area (Å²) in [5.41, 5.74) is 1.19.